The van der Waals surface area contributed by atoms with E-state index in [2.05, 4.69) is 10.5 Å². The molecule has 2 aromatic carbocycles. The third-order valence-corrected chi connectivity index (χ3v) is 5.91. The van der Waals surface area contributed by atoms with Crippen molar-refractivity contribution in [3.63, 3.8) is 0 Å². The second-order valence-electron chi connectivity index (χ2n) is 7.26. The summed E-state index contributed by atoms with van der Waals surface area (Å²) < 4.78 is 44.4. The van der Waals surface area contributed by atoms with E-state index in [4.69, 9.17) is 16.3 Å². The second kappa shape index (κ2) is 10.2. The smallest absolute Gasteiger partial charge is 0.416 e. The molecule has 9 heteroatoms. The van der Waals surface area contributed by atoms with Gasteiger partial charge in [0.25, 0.3) is 5.91 Å². The molecule has 1 heterocycles. The Morgan fingerprint density at radius 1 is 1.22 bits per heavy atom. The largest absolute Gasteiger partial charge is 0.488 e. The van der Waals surface area contributed by atoms with E-state index in [0.29, 0.717) is 33.4 Å². The van der Waals surface area contributed by atoms with E-state index in [0.717, 1.165) is 17.0 Å². The first-order valence-corrected chi connectivity index (χ1v) is 10.9. The van der Waals surface area contributed by atoms with Crippen molar-refractivity contribution in [1.82, 2.24) is 5.43 Å². The van der Waals surface area contributed by atoms with Gasteiger partial charge in [0.15, 0.2) is 0 Å². The minimum absolute atomic E-state index is 0.0777. The van der Waals surface area contributed by atoms with Crippen LogP contribution in [0.15, 0.2) is 59.0 Å². The van der Waals surface area contributed by atoms with Crippen LogP contribution in [0.2, 0.25) is 5.02 Å². The van der Waals surface area contributed by atoms with Crippen LogP contribution in [0.3, 0.4) is 0 Å². The molecule has 168 valence electrons. The maximum atomic E-state index is 12.9. The van der Waals surface area contributed by atoms with Crippen LogP contribution in [0.25, 0.3) is 0 Å². The number of nitrogens with zero attached hydrogens (tertiary/aromatic N) is 1. The summed E-state index contributed by atoms with van der Waals surface area (Å²) in [5, 5.41) is 6.15. The summed E-state index contributed by atoms with van der Waals surface area (Å²) in [5.41, 5.74) is 3.07. The van der Waals surface area contributed by atoms with Crippen LogP contribution in [0.1, 0.15) is 51.7 Å². The molecule has 3 aromatic rings. The van der Waals surface area contributed by atoms with E-state index < -0.39 is 11.7 Å². The number of thiophene rings is 1. The van der Waals surface area contributed by atoms with Crippen LogP contribution in [0, 0.1) is 0 Å². The first-order valence-electron chi connectivity index (χ1n) is 9.64. The van der Waals surface area contributed by atoms with Crippen molar-refractivity contribution in [1.29, 1.82) is 0 Å². The van der Waals surface area contributed by atoms with Gasteiger partial charge < -0.3 is 4.74 Å². The van der Waals surface area contributed by atoms with Crippen molar-refractivity contribution in [2.75, 3.05) is 0 Å². The lowest BCUT2D eigenvalue weighted by Crippen LogP contribution is -2.16. The number of carbonyl (C=O) groups excluding carboxylic acids is 1. The number of hydrogen-bond acceptors (Lipinski definition) is 4. The third kappa shape index (κ3) is 6.34. The van der Waals surface area contributed by atoms with Gasteiger partial charge in [-0.3, -0.25) is 4.79 Å². The second-order valence-corrected chi connectivity index (χ2v) is 8.64. The van der Waals surface area contributed by atoms with Gasteiger partial charge in [-0.25, -0.2) is 5.43 Å². The highest BCUT2D eigenvalue weighted by atomic mass is 35.5. The van der Waals surface area contributed by atoms with Crippen LogP contribution in [0.5, 0.6) is 5.75 Å². The predicted octanol–water partition coefficient (Wildman–Crippen LogP) is 6.89. The topological polar surface area (TPSA) is 50.7 Å². The van der Waals surface area contributed by atoms with Crippen LogP contribution in [-0.2, 0) is 12.8 Å². The molecule has 0 bridgehead atoms. The van der Waals surface area contributed by atoms with Gasteiger partial charge in [-0.1, -0.05) is 37.6 Å². The summed E-state index contributed by atoms with van der Waals surface area (Å²) in [7, 11) is 0. The zero-order valence-corrected chi connectivity index (χ0v) is 18.8. The molecule has 0 spiro atoms. The number of amides is 1. The van der Waals surface area contributed by atoms with Gasteiger partial charge in [0.2, 0.25) is 0 Å². The molecule has 0 unspecified atom stereocenters. The summed E-state index contributed by atoms with van der Waals surface area (Å²) in [6.07, 6.45) is -3.05. The molecule has 0 saturated heterocycles. The number of hydrazone groups is 1. The maximum Gasteiger partial charge on any atom is 0.416 e. The van der Waals surface area contributed by atoms with Crippen LogP contribution in [-0.4, -0.2) is 12.1 Å². The molecule has 4 nitrogen and oxygen atoms in total. The molecule has 32 heavy (non-hydrogen) atoms. The number of carbonyl (C=O) groups is 1. The summed E-state index contributed by atoms with van der Waals surface area (Å²) in [6, 6.07) is 11.5. The van der Waals surface area contributed by atoms with Crippen LogP contribution >= 0.6 is 22.9 Å². The Kier molecular flexibility index (Phi) is 7.58. The quantitative estimate of drug-likeness (QED) is 0.296. The standard InChI is InChI=1S/C23H20ClF3N2O2S/c1-14(2)21-10-17(13-32-21)22(30)29-28-11-16-9-19(24)6-7-20(16)31-12-15-4-3-5-18(8-15)23(25,26)27/h3-11,13-14H,12H2,1-2H3,(H,29,30)/b28-11-. The molecule has 1 N–H and O–H groups in total. The highest BCUT2D eigenvalue weighted by Gasteiger charge is 2.30. The number of ether oxygens (including phenoxy) is 1. The van der Waals surface area contributed by atoms with Gasteiger partial charge >= 0.3 is 6.18 Å². The fourth-order valence-corrected chi connectivity index (χ4v) is 3.84. The Hall–Kier alpha value is -2.84. The van der Waals surface area contributed by atoms with Gasteiger partial charge in [0.05, 0.1) is 17.3 Å². The number of nitrogens with one attached hydrogen (secondary N) is 1. The lowest BCUT2D eigenvalue weighted by molar-refractivity contribution is -0.137. The molecule has 1 amide bonds. The number of halogens is 4. The van der Waals surface area contributed by atoms with E-state index in [-0.39, 0.29) is 12.5 Å². The zero-order valence-electron chi connectivity index (χ0n) is 17.2. The van der Waals surface area contributed by atoms with Crippen molar-refractivity contribution in [3.05, 3.63) is 86.1 Å². The van der Waals surface area contributed by atoms with Crippen molar-refractivity contribution >= 4 is 35.1 Å². The summed E-state index contributed by atoms with van der Waals surface area (Å²) in [5.74, 6) is 0.341. The van der Waals surface area contributed by atoms with Gasteiger partial charge in [-0.2, -0.15) is 18.3 Å². The average Bonchev–Trinajstić information content (AvgIpc) is 3.23. The number of alkyl halides is 3. The molecule has 0 fully saturated rings. The lowest BCUT2D eigenvalue weighted by Gasteiger charge is -2.12. The van der Waals surface area contributed by atoms with E-state index in [1.165, 1.54) is 23.6 Å². The van der Waals surface area contributed by atoms with Crippen molar-refractivity contribution in [2.24, 2.45) is 5.10 Å². The monoisotopic (exact) mass is 480 g/mol. The average molecular weight is 481 g/mol. The first kappa shape index (κ1) is 23.8. The highest BCUT2D eigenvalue weighted by molar-refractivity contribution is 7.10. The summed E-state index contributed by atoms with van der Waals surface area (Å²) in [6.45, 7) is 4.02. The molecule has 0 aliphatic heterocycles. The van der Waals surface area contributed by atoms with E-state index >= 15 is 0 Å². The molecule has 0 aliphatic carbocycles. The van der Waals surface area contributed by atoms with Gasteiger partial charge in [-0.15, -0.1) is 11.3 Å². The molecule has 0 aliphatic rings. The molecule has 3 rings (SSSR count). The first-order chi connectivity index (χ1) is 15.1. The third-order valence-electron chi connectivity index (χ3n) is 4.44. The van der Waals surface area contributed by atoms with Crippen molar-refractivity contribution < 1.29 is 22.7 Å². The normalized spacial score (nSPS) is 11.8. The van der Waals surface area contributed by atoms with E-state index in [1.54, 1.807) is 29.6 Å². The summed E-state index contributed by atoms with van der Waals surface area (Å²) >= 11 is 7.55. The molecular formula is C23H20ClF3N2O2S. The minimum atomic E-state index is -4.43. The number of hydrogen-bond donors (Lipinski definition) is 1. The zero-order chi connectivity index (χ0) is 23.3. The Labute approximate surface area is 192 Å². The van der Waals surface area contributed by atoms with Gasteiger partial charge in [-0.05, 0) is 47.9 Å². The Balaban J connectivity index is 1.69. The number of benzene rings is 2. The van der Waals surface area contributed by atoms with Crippen molar-refractivity contribution in [2.45, 2.75) is 32.5 Å². The molecular weight excluding hydrogens is 461 g/mol. The van der Waals surface area contributed by atoms with Gasteiger partial charge in [0.1, 0.15) is 12.4 Å². The Morgan fingerprint density at radius 2 is 2.00 bits per heavy atom. The molecule has 0 saturated carbocycles. The molecule has 1 aromatic heterocycles. The lowest BCUT2D eigenvalue weighted by atomic mass is 10.1. The Morgan fingerprint density at radius 3 is 2.69 bits per heavy atom. The van der Waals surface area contributed by atoms with Crippen LogP contribution < -0.4 is 10.2 Å². The maximum absolute atomic E-state index is 12.9. The summed E-state index contributed by atoms with van der Waals surface area (Å²) in [4.78, 5) is 13.4. The van der Waals surface area contributed by atoms with E-state index in [1.807, 2.05) is 19.9 Å². The fraction of sp³-hybridized carbons (Fsp3) is 0.217. The minimum Gasteiger partial charge on any atom is -0.488 e. The van der Waals surface area contributed by atoms with Crippen LogP contribution in [0.4, 0.5) is 13.2 Å². The van der Waals surface area contributed by atoms with Crippen molar-refractivity contribution in [3.8, 4) is 5.75 Å². The number of rotatable bonds is 7. The fourth-order valence-electron chi connectivity index (χ4n) is 2.75. The van der Waals surface area contributed by atoms with E-state index in [9.17, 15) is 18.0 Å². The SMILES string of the molecule is CC(C)c1cc(C(=O)N/N=C\c2cc(Cl)ccc2OCc2cccc(C(F)(F)F)c2)cs1. The molecule has 0 radical (unpaired) electrons. The highest BCUT2D eigenvalue weighted by Crippen LogP contribution is 2.30. The Bertz CT molecular complexity index is 1130. The molecule has 0 atom stereocenters. The predicted molar refractivity (Wildman–Crippen MR) is 121 cm³/mol. The van der Waals surface area contributed by atoms with Gasteiger partial charge in [0, 0.05) is 20.8 Å².